The maximum absolute atomic E-state index is 12.8. The molecule has 7 nitrogen and oxygen atoms in total. The molecule has 2 unspecified atom stereocenters. The Balaban J connectivity index is 0.00000385. The van der Waals surface area contributed by atoms with Crippen LogP contribution in [0.15, 0.2) is 35.3 Å². The van der Waals surface area contributed by atoms with Crippen LogP contribution in [0.25, 0.3) is 0 Å². The largest absolute Gasteiger partial charge is 0.377 e. The second kappa shape index (κ2) is 13.4. The maximum atomic E-state index is 12.8. The van der Waals surface area contributed by atoms with Crippen LogP contribution in [0, 0.1) is 11.3 Å². The first-order chi connectivity index (χ1) is 15.4. The Morgan fingerprint density at radius 2 is 1.82 bits per heavy atom. The number of piperazine rings is 1. The molecule has 1 amide bonds. The summed E-state index contributed by atoms with van der Waals surface area (Å²) in [6.45, 7) is 14.5. The van der Waals surface area contributed by atoms with Crippen LogP contribution < -0.4 is 15.5 Å². The number of carbonyl (C=O) groups excluding carboxylic acids is 1. The zero-order valence-electron chi connectivity index (χ0n) is 20.7. The van der Waals surface area contributed by atoms with E-state index in [9.17, 15) is 4.79 Å². The number of nitrogens with one attached hydrogen (secondary N) is 2. The number of benzene rings is 1. The van der Waals surface area contributed by atoms with Crippen molar-refractivity contribution >= 4 is 41.5 Å². The van der Waals surface area contributed by atoms with E-state index in [4.69, 9.17) is 4.74 Å². The molecule has 2 fully saturated rings. The molecular weight excluding hydrogens is 529 g/mol. The lowest BCUT2D eigenvalue weighted by molar-refractivity contribution is -0.129. The van der Waals surface area contributed by atoms with E-state index in [1.807, 2.05) is 17.9 Å². The van der Waals surface area contributed by atoms with Gasteiger partial charge in [0.05, 0.1) is 6.10 Å². The number of hydrogen-bond donors (Lipinski definition) is 2. The molecule has 0 aromatic heterocycles. The van der Waals surface area contributed by atoms with Crippen molar-refractivity contribution in [2.45, 2.75) is 46.6 Å². The second-order valence-electron chi connectivity index (χ2n) is 9.84. The van der Waals surface area contributed by atoms with E-state index >= 15 is 0 Å². The highest BCUT2D eigenvalue weighted by molar-refractivity contribution is 14.0. The molecule has 0 aliphatic carbocycles. The molecular formula is C25H42IN5O2. The molecule has 2 saturated heterocycles. The smallest absolute Gasteiger partial charge is 0.244 e. The molecule has 0 saturated carbocycles. The minimum atomic E-state index is 0. The number of halogens is 1. The van der Waals surface area contributed by atoms with Crippen molar-refractivity contribution in [2.75, 3.05) is 57.3 Å². The first-order valence-corrected chi connectivity index (χ1v) is 12.1. The van der Waals surface area contributed by atoms with Gasteiger partial charge in [-0.15, -0.1) is 24.0 Å². The van der Waals surface area contributed by atoms with Crippen molar-refractivity contribution in [2.24, 2.45) is 16.3 Å². The van der Waals surface area contributed by atoms with E-state index < -0.39 is 0 Å². The summed E-state index contributed by atoms with van der Waals surface area (Å²) in [5.41, 5.74) is 1.33. The predicted molar refractivity (Wildman–Crippen MR) is 147 cm³/mol. The van der Waals surface area contributed by atoms with Crippen LogP contribution in [-0.2, 0) is 9.53 Å². The Labute approximate surface area is 216 Å². The summed E-state index contributed by atoms with van der Waals surface area (Å²) >= 11 is 0. The molecule has 2 aliphatic heterocycles. The van der Waals surface area contributed by atoms with Crippen molar-refractivity contribution in [1.82, 2.24) is 15.5 Å². The van der Waals surface area contributed by atoms with E-state index in [2.05, 4.69) is 65.6 Å². The van der Waals surface area contributed by atoms with Gasteiger partial charge in [0, 0.05) is 57.5 Å². The van der Waals surface area contributed by atoms with Gasteiger partial charge < -0.3 is 25.2 Å². The number of ether oxygens (including phenoxy) is 1. The van der Waals surface area contributed by atoms with Gasteiger partial charge in [-0.3, -0.25) is 4.79 Å². The third-order valence-corrected chi connectivity index (χ3v) is 6.30. The quantitative estimate of drug-likeness (QED) is 0.312. The van der Waals surface area contributed by atoms with Gasteiger partial charge in [-0.1, -0.05) is 39.0 Å². The summed E-state index contributed by atoms with van der Waals surface area (Å²) in [6.07, 6.45) is 2.48. The van der Waals surface area contributed by atoms with Crippen LogP contribution in [-0.4, -0.2) is 75.3 Å². The number of aliphatic imine (C=N–C) groups is 1. The minimum Gasteiger partial charge on any atom is -0.377 e. The van der Waals surface area contributed by atoms with Crippen LogP contribution in [0.2, 0.25) is 0 Å². The summed E-state index contributed by atoms with van der Waals surface area (Å²) in [4.78, 5) is 21.6. The first-order valence-electron chi connectivity index (χ1n) is 12.1. The monoisotopic (exact) mass is 571 g/mol. The number of carbonyl (C=O) groups is 1. The molecule has 2 aliphatic rings. The number of amides is 1. The summed E-state index contributed by atoms with van der Waals surface area (Å²) < 4.78 is 6.10. The summed E-state index contributed by atoms with van der Waals surface area (Å²) in [5, 5.41) is 6.74. The molecule has 186 valence electrons. The van der Waals surface area contributed by atoms with Gasteiger partial charge in [0.1, 0.15) is 6.54 Å². The predicted octanol–water partition coefficient (Wildman–Crippen LogP) is 3.35. The van der Waals surface area contributed by atoms with Crippen molar-refractivity contribution in [3.05, 3.63) is 30.3 Å². The first kappa shape index (κ1) is 27.7. The van der Waals surface area contributed by atoms with Crippen molar-refractivity contribution in [1.29, 1.82) is 0 Å². The van der Waals surface area contributed by atoms with Gasteiger partial charge in [-0.05, 0) is 37.3 Å². The zero-order chi connectivity index (χ0) is 23.0. The number of hydrogen-bond acceptors (Lipinski definition) is 4. The van der Waals surface area contributed by atoms with Gasteiger partial charge in [0.25, 0.3) is 0 Å². The molecule has 1 aromatic carbocycles. The SMILES string of the molecule is CCNC(=NCC(=O)N1CCN(c2ccccc2)CC1)NCC1CCCOC1C(C)(C)C.I. The number of rotatable bonds is 6. The minimum absolute atomic E-state index is 0. The number of anilines is 1. The highest BCUT2D eigenvalue weighted by Crippen LogP contribution is 2.33. The van der Waals surface area contributed by atoms with Crippen LogP contribution >= 0.6 is 24.0 Å². The lowest BCUT2D eigenvalue weighted by Gasteiger charge is -2.40. The van der Waals surface area contributed by atoms with E-state index in [1.54, 1.807) is 0 Å². The molecule has 2 atom stereocenters. The Morgan fingerprint density at radius 1 is 1.12 bits per heavy atom. The Morgan fingerprint density at radius 3 is 2.45 bits per heavy atom. The van der Waals surface area contributed by atoms with E-state index in [-0.39, 0.29) is 47.9 Å². The van der Waals surface area contributed by atoms with E-state index in [0.717, 1.165) is 58.7 Å². The fourth-order valence-corrected chi connectivity index (χ4v) is 4.68. The van der Waals surface area contributed by atoms with Crippen LogP contribution in [0.3, 0.4) is 0 Å². The van der Waals surface area contributed by atoms with Gasteiger partial charge in [-0.25, -0.2) is 4.99 Å². The Kier molecular flexibility index (Phi) is 11.2. The van der Waals surface area contributed by atoms with Crippen LogP contribution in [0.5, 0.6) is 0 Å². The van der Waals surface area contributed by atoms with Crippen molar-refractivity contribution in [3.63, 3.8) is 0 Å². The van der Waals surface area contributed by atoms with Crippen LogP contribution in [0.1, 0.15) is 40.5 Å². The molecule has 1 aromatic rings. The normalized spacial score (nSPS) is 21.9. The molecule has 0 bridgehead atoms. The zero-order valence-corrected chi connectivity index (χ0v) is 23.0. The fraction of sp³-hybridized carbons (Fsp3) is 0.680. The Hall–Kier alpha value is -1.55. The highest BCUT2D eigenvalue weighted by Gasteiger charge is 2.35. The highest BCUT2D eigenvalue weighted by atomic mass is 127. The fourth-order valence-electron chi connectivity index (χ4n) is 4.68. The summed E-state index contributed by atoms with van der Waals surface area (Å²) in [7, 11) is 0. The second-order valence-corrected chi connectivity index (χ2v) is 9.84. The molecule has 2 heterocycles. The molecule has 0 radical (unpaired) electrons. The lowest BCUT2D eigenvalue weighted by Crippen LogP contribution is -2.50. The average Bonchev–Trinajstić information content (AvgIpc) is 2.81. The summed E-state index contributed by atoms with van der Waals surface area (Å²) in [6, 6.07) is 10.4. The standard InChI is InChI=1S/C25H41N5O2.HI/c1-5-26-24(27-18-20-10-9-17-32-23(20)25(2,3)4)28-19-22(31)30-15-13-29(14-16-30)21-11-7-6-8-12-21;/h6-8,11-12,20,23H,5,9-10,13-19H2,1-4H3,(H2,26,27,28);1H. The third kappa shape index (κ3) is 8.31. The molecule has 33 heavy (non-hydrogen) atoms. The number of nitrogens with zero attached hydrogens (tertiary/aromatic N) is 3. The number of guanidine groups is 1. The van der Waals surface area contributed by atoms with Crippen molar-refractivity contribution in [3.8, 4) is 0 Å². The van der Waals surface area contributed by atoms with Gasteiger partial charge in [0.15, 0.2) is 5.96 Å². The average molecular weight is 572 g/mol. The maximum Gasteiger partial charge on any atom is 0.244 e. The molecule has 0 spiro atoms. The molecule has 2 N–H and O–H groups in total. The van der Waals surface area contributed by atoms with E-state index in [0.29, 0.717) is 11.9 Å². The molecule has 8 heteroatoms. The molecule has 3 rings (SSSR count). The van der Waals surface area contributed by atoms with E-state index in [1.165, 1.54) is 5.69 Å². The van der Waals surface area contributed by atoms with Gasteiger partial charge in [0.2, 0.25) is 5.91 Å². The van der Waals surface area contributed by atoms with Gasteiger partial charge >= 0.3 is 0 Å². The summed E-state index contributed by atoms with van der Waals surface area (Å²) in [5.74, 6) is 1.24. The Bertz CT molecular complexity index is 745. The lowest BCUT2D eigenvalue weighted by atomic mass is 9.78. The van der Waals surface area contributed by atoms with Gasteiger partial charge in [-0.2, -0.15) is 0 Å². The van der Waals surface area contributed by atoms with Crippen LogP contribution in [0.4, 0.5) is 5.69 Å². The van der Waals surface area contributed by atoms with Crippen molar-refractivity contribution < 1.29 is 9.53 Å². The third-order valence-electron chi connectivity index (χ3n) is 6.30. The number of para-hydroxylation sites is 1. The topological polar surface area (TPSA) is 69.2 Å².